The molecule has 7 heteroatoms. The second-order valence-corrected chi connectivity index (χ2v) is 11.4. The first-order chi connectivity index (χ1) is 16.0. The van der Waals surface area contributed by atoms with Crippen molar-refractivity contribution in [3.8, 4) is 5.75 Å². The summed E-state index contributed by atoms with van der Waals surface area (Å²) in [4.78, 5) is 20.2. The first-order valence-corrected chi connectivity index (χ1v) is 13.4. The normalized spacial score (nSPS) is 19.1. The Labute approximate surface area is 204 Å². The van der Waals surface area contributed by atoms with Crippen LogP contribution in [-0.2, 0) is 11.2 Å². The number of piperidine rings is 1. The Morgan fingerprint density at radius 3 is 2.94 bits per heavy atom. The molecule has 3 heterocycles. The number of rotatable bonds is 10. The SMILES string of the molecule is COc1ccc2nccc(CCC[C@@H]3CCN(CCSc4ccc(C)s4)C[C@@H]3C(=O)O)c2c1. The molecule has 0 saturated carbocycles. The number of thioether (sulfide) groups is 1. The minimum atomic E-state index is -0.648. The first-order valence-electron chi connectivity index (χ1n) is 11.6. The average Bonchev–Trinajstić information content (AvgIpc) is 3.24. The molecule has 1 aliphatic heterocycles. The molecule has 0 amide bonds. The number of fused-ring (bicyclic) bond motifs is 1. The number of nitrogens with zero attached hydrogens (tertiary/aromatic N) is 2. The number of aliphatic carboxylic acids is 1. The smallest absolute Gasteiger partial charge is 0.308 e. The number of carbonyl (C=O) groups is 1. The van der Waals surface area contributed by atoms with Gasteiger partial charge >= 0.3 is 5.97 Å². The molecular weight excluding hydrogens is 452 g/mol. The van der Waals surface area contributed by atoms with Gasteiger partial charge in [-0.3, -0.25) is 9.78 Å². The third-order valence-electron chi connectivity index (χ3n) is 6.58. The summed E-state index contributed by atoms with van der Waals surface area (Å²) in [5.41, 5.74) is 2.23. The van der Waals surface area contributed by atoms with E-state index in [4.69, 9.17) is 4.74 Å². The highest BCUT2D eigenvalue weighted by atomic mass is 32.2. The van der Waals surface area contributed by atoms with Crippen molar-refractivity contribution in [2.75, 3.05) is 32.5 Å². The van der Waals surface area contributed by atoms with E-state index in [1.165, 1.54) is 14.6 Å². The zero-order valence-corrected chi connectivity index (χ0v) is 21.0. The van der Waals surface area contributed by atoms with Crippen LogP contribution < -0.4 is 4.74 Å². The predicted octanol–water partition coefficient (Wildman–Crippen LogP) is 5.75. The molecule has 1 fully saturated rings. The van der Waals surface area contributed by atoms with Crippen LogP contribution in [0.2, 0.25) is 0 Å². The number of carboxylic acids is 1. The minimum absolute atomic E-state index is 0.244. The number of thiophene rings is 1. The van der Waals surface area contributed by atoms with Gasteiger partial charge in [0.2, 0.25) is 0 Å². The molecule has 2 atom stereocenters. The summed E-state index contributed by atoms with van der Waals surface area (Å²) in [6, 6.07) is 12.4. The van der Waals surface area contributed by atoms with Crippen LogP contribution in [0.15, 0.2) is 46.8 Å². The molecule has 3 aromatic rings. The first kappa shape index (κ1) is 24.0. The molecule has 1 N–H and O–H groups in total. The molecule has 1 aromatic carbocycles. The van der Waals surface area contributed by atoms with Crippen molar-refractivity contribution in [1.29, 1.82) is 0 Å². The molecule has 176 valence electrons. The Bertz CT molecular complexity index is 1080. The van der Waals surface area contributed by atoms with E-state index in [-0.39, 0.29) is 11.8 Å². The average molecular weight is 485 g/mol. The van der Waals surface area contributed by atoms with Gasteiger partial charge in [-0.2, -0.15) is 0 Å². The lowest BCUT2D eigenvalue weighted by atomic mass is 9.81. The minimum Gasteiger partial charge on any atom is -0.497 e. The van der Waals surface area contributed by atoms with E-state index in [9.17, 15) is 9.90 Å². The number of pyridine rings is 1. The monoisotopic (exact) mass is 484 g/mol. The summed E-state index contributed by atoms with van der Waals surface area (Å²) in [5.74, 6) is 1.17. The fraction of sp³-hybridized carbons (Fsp3) is 0.462. The van der Waals surface area contributed by atoms with Gasteiger partial charge in [-0.15, -0.1) is 23.1 Å². The van der Waals surface area contributed by atoms with Gasteiger partial charge in [0.05, 0.1) is 22.8 Å². The van der Waals surface area contributed by atoms with Crippen molar-refractivity contribution in [2.24, 2.45) is 11.8 Å². The van der Waals surface area contributed by atoms with Gasteiger partial charge in [0.1, 0.15) is 5.75 Å². The maximum absolute atomic E-state index is 12.0. The van der Waals surface area contributed by atoms with Gasteiger partial charge in [-0.1, -0.05) is 0 Å². The number of ether oxygens (including phenoxy) is 1. The number of aryl methyl sites for hydroxylation is 2. The zero-order chi connectivity index (χ0) is 23.2. The zero-order valence-electron chi connectivity index (χ0n) is 19.3. The maximum atomic E-state index is 12.0. The Morgan fingerprint density at radius 2 is 2.18 bits per heavy atom. The molecule has 2 aromatic heterocycles. The molecule has 0 unspecified atom stereocenters. The van der Waals surface area contributed by atoms with Crippen LogP contribution in [0, 0.1) is 18.8 Å². The van der Waals surface area contributed by atoms with E-state index >= 15 is 0 Å². The van der Waals surface area contributed by atoms with Gasteiger partial charge in [-0.25, -0.2) is 0 Å². The van der Waals surface area contributed by atoms with Crippen molar-refractivity contribution in [3.63, 3.8) is 0 Å². The Kier molecular flexibility index (Phi) is 8.28. The number of carboxylic acid groups (broad SMARTS) is 1. The number of aromatic nitrogens is 1. The summed E-state index contributed by atoms with van der Waals surface area (Å²) < 4.78 is 6.73. The standard InChI is InChI=1S/C26H32N2O3S2/c1-18-6-9-25(33-18)32-15-14-28-13-11-20(23(17-28)26(29)30)5-3-4-19-10-12-27-24-8-7-21(31-2)16-22(19)24/h6-10,12,16,20,23H,3-5,11,13-15,17H2,1-2H3,(H,29,30)/t20-,23+/m1/s1. The topological polar surface area (TPSA) is 62.7 Å². The Hall–Kier alpha value is -2.09. The fourth-order valence-electron chi connectivity index (χ4n) is 4.74. The molecule has 1 saturated heterocycles. The molecule has 33 heavy (non-hydrogen) atoms. The largest absolute Gasteiger partial charge is 0.497 e. The summed E-state index contributed by atoms with van der Waals surface area (Å²) in [6.45, 7) is 4.74. The van der Waals surface area contributed by atoms with Crippen LogP contribution >= 0.6 is 23.1 Å². The molecule has 0 aliphatic carbocycles. The molecule has 0 radical (unpaired) electrons. The van der Waals surface area contributed by atoms with E-state index in [1.807, 2.05) is 47.5 Å². The fourth-order valence-corrected chi connectivity index (χ4v) is 6.93. The Balaban J connectivity index is 1.29. The van der Waals surface area contributed by atoms with E-state index in [0.29, 0.717) is 6.54 Å². The van der Waals surface area contributed by atoms with Crippen LogP contribution in [-0.4, -0.2) is 53.5 Å². The molecule has 0 spiro atoms. The summed E-state index contributed by atoms with van der Waals surface area (Å²) in [7, 11) is 1.68. The molecule has 0 bridgehead atoms. The van der Waals surface area contributed by atoms with Crippen LogP contribution in [0.25, 0.3) is 10.9 Å². The van der Waals surface area contributed by atoms with Crippen molar-refractivity contribution in [1.82, 2.24) is 9.88 Å². The lowest BCUT2D eigenvalue weighted by Crippen LogP contribution is -2.44. The van der Waals surface area contributed by atoms with Crippen molar-refractivity contribution < 1.29 is 14.6 Å². The number of benzene rings is 1. The number of likely N-dealkylation sites (tertiary alicyclic amines) is 1. The maximum Gasteiger partial charge on any atom is 0.308 e. The van der Waals surface area contributed by atoms with Crippen LogP contribution in [0.3, 0.4) is 0 Å². The van der Waals surface area contributed by atoms with Crippen LogP contribution in [0.4, 0.5) is 0 Å². The molecule has 5 nitrogen and oxygen atoms in total. The second-order valence-electron chi connectivity index (χ2n) is 8.75. The molecule has 4 rings (SSSR count). The third kappa shape index (κ3) is 6.28. The van der Waals surface area contributed by atoms with Gasteiger partial charge in [0.15, 0.2) is 0 Å². The van der Waals surface area contributed by atoms with E-state index in [2.05, 4.69) is 35.0 Å². The van der Waals surface area contributed by atoms with Crippen molar-refractivity contribution >= 4 is 40.0 Å². The summed E-state index contributed by atoms with van der Waals surface area (Å²) in [6.07, 6.45) is 5.68. The number of hydrogen-bond donors (Lipinski definition) is 1. The van der Waals surface area contributed by atoms with Gasteiger partial charge in [-0.05, 0) is 87.0 Å². The van der Waals surface area contributed by atoms with Gasteiger partial charge in [0, 0.05) is 35.3 Å². The summed E-state index contributed by atoms with van der Waals surface area (Å²) >= 11 is 3.71. The van der Waals surface area contributed by atoms with E-state index in [1.54, 1.807) is 7.11 Å². The van der Waals surface area contributed by atoms with E-state index in [0.717, 1.165) is 61.2 Å². The van der Waals surface area contributed by atoms with E-state index < -0.39 is 5.97 Å². The van der Waals surface area contributed by atoms with Gasteiger partial charge < -0.3 is 14.7 Å². The third-order valence-corrected chi connectivity index (χ3v) is 8.79. The Morgan fingerprint density at radius 1 is 1.30 bits per heavy atom. The van der Waals surface area contributed by atoms with Gasteiger partial charge in [0.25, 0.3) is 0 Å². The molecule has 1 aliphatic rings. The lowest BCUT2D eigenvalue weighted by molar-refractivity contribution is -0.146. The van der Waals surface area contributed by atoms with Crippen LogP contribution in [0.1, 0.15) is 29.7 Å². The van der Waals surface area contributed by atoms with Crippen molar-refractivity contribution in [3.05, 3.63) is 53.0 Å². The van der Waals surface area contributed by atoms with Crippen molar-refractivity contribution in [2.45, 2.75) is 36.8 Å². The number of methoxy groups -OCH3 is 1. The second kappa shape index (κ2) is 11.4. The quantitative estimate of drug-likeness (QED) is 0.370. The number of hydrogen-bond acceptors (Lipinski definition) is 6. The highest BCUT2D eigenvalue weighted by molar-refractivity contribution is 8.01. The lowest BCUT2D eigenvalue weighted by Gasteiger charge is -2.36. The predicted molar refractivity (Wildman–Crippen MR) is 137 cm³/mol. The molecular formula is C26H32N2O3S2. The summed E-state index contributed by atoms with van der Waals surface area (Å²) in [5, 5.41) is 11.0. The highest BCUT2D eigenvalue weighted by Crippen LogP contribution is 2.31. The van der Waals surface area contributed by atoms with Crippen LogP contribution in [0.5, 0.6) is 5.75 Å². The highest BCUT2D eigenvalue weighted by Gasteiger charge is 2.33.